The molecule has 23 heavy (non-hydrogen) atoms. The molecule has 0 fully saturated rings. The molecule has 2 aromatic heterocycles. The van der Waals surface area contributed by atoms with Crippen molar-refractivity contribution >= 4 is 0 Å². The highest BCUT2D eigenvalue weighted by atomic mass is 16.5. The van der Waals surface area contributed by atoms with Crippen molar-refractivity contribution in [3.05, 3.63) is 65.5 Å². The van der Waals surface area contributed by atoms with Crippen molar-refractivity contribution in [1.29, 1.82) is 5.26 Å². The zero-order valence-electron chi connectivity index (χ0n) is 12.8. The van der Waals surface area contributed by atoms with Gasteiger partial charge in [0.2, 0.25) is 0 Å². The summed E-state index contributed by atoms with van der Waals surface area (Å²) in [5.74, 6) is 0.712. The summed E-state index contributed by atoms with van der Waals surface area (Å²) in [6, 6.07) is 15.7. The third-order valence-corrected chi connectivity index (χ3v) is 3.55. The van der Waals surface area contributed by atoms with Crippen molar-refractivity contribution < 1.29 is 4.74 Å². The standard InChI is InChI=1S/C18H14N4O/c1-12-13(2)21-22-18(16(12)10-19)23-15-8-9-17(20-11-15)14-6-4-3-5-7-14/h3-9,11H,1-2H3. The van der Waals surface area contributed by atoms with Crippen molar-refractivity contribution in [1.82, 2.24) is 15.2 Å². The lowest BCUT2D eigenvalue weighted by atomic mass is 10.1. The molecule has 0 saturated heterocycles. The predicted molar refractivity (Wildman–Crippen MR) is 86.0 cm³/mol. The molecular formula is C18H14N4O. The second-order valence-electron chi connectivity index (χ2n) is 5.05. The van der Waals surface area contributed by atoms with E-state index in [2.05, 4.69) is 21.3 Å². The van der Waals surface area contributed by atoms with Gasteiger partial charge in [0.15, 0.2) is 0 Å². The normalized spacial score (nSPS) is 10.1. The predicted octanol–water partition coefficient (Wildman–Crippen LogP) is 3.82. The highest BCUT2D eigenvalue weighted by Crippen LogP contribution is 2.26. The van der Waals surface area contributed by atoms with E-state index in [-0.39, 0.29) is 5.88 Å². The Balaban J connectivity index is 1.88. The lowest BCUT2D eigenvalue weighted by molar-refractivity contribution is 0.450. The minimum atomic E-state index is 0.199. The van der Waals surface area contributed by atoms with Crippen LogP contribution in [0.5, 0.6) is 11.6 Å². The summed E-state index contributed by atoms with van der Waals surface area (Å²) in [5.41, 5.74) is 3.76. The fourth-order valence-corrected chi connectivity index (χ4v) is 2.12. The number of hydrogen-bond donors (Lipinski definition) is 0. The summed E-state index contributed by atoms with van der Waals surface area (Å²) in [4.78, 5) is 4.38. The fraction of sp³-hybridized carbons (Fsp3) is 0.111. The lowest BCUT2D eigenvalue weighted by Crippen LogP contribution is -2.00. The van der Waals surface area contributed by atoms with E-state index in [4.69, 9.17) is 4.74 Å². The molecule has 1 aromatic carbocycles. The van der Waals surface area contributed by atoms with E-state index in [0.29, 0.717) is 17.0 Å². The highest BCUT2D eigenvalue weighted by Gasteiger charge is 2.13. The van der Waals surface area contributed by atoms with E-state index in [9.17, 15) is 5.26 Å². The minimum absolute atomic E-state index is 0.199. The van der Waals surface area contributed by atoms with Gasteiger partial charge in [0.25, 0.3) is 5.88 Å². The van der Waals surface area contributed by atoms with Gasteiger partial charge in [-0.15, -0.1) is 5.10 Å². The second-order valence-corrected chi connectivity index (χ2v) is 5.05. The molecule has 2 heterocycles. The minimum Gasteiger partial charge on any atom is -0.435 e. The number of aryl methyl sites for hydroxylation is 1. The molecule has 0 radical (unpaired) electrons. The van der Waals surface area contributed by atoms with Gasteiger partial charge in [0.1, 0.15) is 17.4 Å². The summed E-state index contributed by atoms with van der Waals surface area (Å²) in [6.45, 7) is 3.63. The average Bonchev–Trinajstić information content (AvgIpc) is 2.60. The maximum absolute atomic E-state index is 9.28. The first-order valence-corrected chi connectivity index (χ1v) is 7.12. The number of rotatable bonds is 3. The van der Waals surface area contributed by atoms with Gasteiger partial charge in [-0.05, 0) is 31.5 Å². The summed E-state index contributed by atoms with van der Waals surface area (Å²) >= 11 is 0. The van der Waals surface area contributed by atoms with Crippen LogP contribution in [0.15, 0.2) is 48.7 Å². The quantitative estimate of drug-likeness (QED) is 0.735. The molecule has 0 atom stereocenters. The van der Waals surface area contributed by atoms with Crippen molar-refractivity contribution in [3.63, 3.8) is 0 Å². The molecule has 0 N–H and O–H groups in total. The first kappa shape index (κ1) is 14.7. The van der Waals surface area contributed by atoms with Crippen LogP contribution in [-0.4, -0.2) is 15.2 Å². The second kappa shape index (κ2) is 6.24. The molecule has 3 aromatic rings. The molecule has 0 aliphatic carbocycles. The number of aromatic nitrogens is 3. The molecule has 0 bridgehead atoms. The maximum atomic E-state index is 9.28. The zero-order valence-corrected chi connectivity index (χ0v) is 12.8. The molecule has 112 valence electrons. The molecular weight excluding hydrogens is 288 g/mol. The molecule has 5 heteroatoms. The highest BCUT2D eigenvalue weighted by molar-refractivity contribution is 5.59. The van der Waals surface area contributed by atoms with Gasteiger partial charge in [-0.2, -0.15) is 10.4 Å². The van der Waals surface area contributed by atoms with Crippen LogP contribution < -0.4 is 4.74 Å². The largest absolute Gasteiger partial charge is 0.435 e. The first-order chi connectivity index (χ1) is 11.2. The van der Waals surface area contributed by atoms with Crippen LogP contribution in [0.1, 0.15) is 16.8 Å². The van der Waals surface area contributed by atoms with Crippen LogP contribution in [-0.2, 0) is 0 Å². The molecule has 0 spiro atoms. The third kappa shape index (κ3) is 3.01. The van der Waals surface area contributed by atoms with Gasteiger partial charge in [-0.1, -0.05) is 30.3 Å². The number of ether oxygens (including phenoxy) is 1. The summed E-state index contributed by atoms with van der Waals surface area (Å²) in [6.07, 6.45) is 1.61. The van der Waals surface area contributed by atoms with E-state index in [1.807, 2.05) is 50.2 Å². The Kier molecular flexibility index (Phi) is 3.98. The van der Waals surface area contributed by atoms with E-state index in [1.165, 1.54) is 0 Å². The van der Waals surface area contributed by atoms with E-state index in [0.717, 1.165) is 16.8 Å². The van der Waals surface area contributed by atoms with Crippen LogP contribution in [0.25, 0.3) is 11.3 Å². The topological polar surface area (TPSA) is 71.7 Å². The molecule has 3 rings (SSSR count). The molecule has 5 nitrogen and oxygen atoms in total. The van der Waals surface area contributed by atoms with Crippen molar-refractivity contribution in [2.75, 3.05) is 0 Å². The monoisotopic (exact) mass is 302 g/mol. The van der Waals surface area contributed by atoms with E-state index < -0.39 is 0 Å². The average molecular weight is 302 g/mol. The zero-order chi connectivity index (χ0) is 16.2. The Morgan fingerprint density at radius 3 is 2.43 bits per heavy atom. The Morgan fingerprint density at radius 1 is 1.00 bits per heavy atom. The number of pyridine rings is 1. The Labute approximate surface area is 134 Å². The van der Waals surface area contributed by atoms with Gasteiger partial charge in [0.05, 0.1) is 17.6 Å². The van der Waals surface area contributed by atoms with Crippen LogP contribution in [0.2, 0.25) is 0 Å². The van der Waals surface area contributed by atoms with Crippen LogP contribution >= 0.6 is 0 Å². The Hall–Kier alpha value is -3.26. The molecule has 0 amide bonds. The van der Waals surface area contributed by atoms with Gasteiger partial charge >= 0.3 is 0 Å². The van der Waals surface area contributed by atoms with Crippen molar-refractivity contribution in [3.8, 4) is 29.0 Å². The van der Waals surface area contributed by atoms with Gasteiger partial charge in [-0.25, -0.2) is 0 Å². The van der Waals surface area contributed by atoms with Crippen molar-refractivity contribution in [2.24, 2.45) is 0 Å². The number of nitrogens with zero attached hydrogens (tertiary/aromatic N) is 4. The molecule has 0 aliphatic heterocycles. The van der Waals surface area contributed by atoms with Crippen molar-refractivity contribution in [2.45, 2.75) is 13.8 Å². The Morgan fingerprint density at radius 2 is 1.78 bits per heavy atom. The summed E-state index contributed by atoms with van der Waals surface area (Å²) in [5, 5.41) is 17.2. The Bertz CT molecular complexity index is 868. The summed E-state index contributed by atoms with van der Waals surface area (Å²) in [7, 11) is 0. The van der Waals surface area contributed by atoms with Crippen LogP contribution in [0, 0.1) is 25.2 Å². The number of hydrogen-bond acceptors (Lipinski definition) is 5. The number of benzene rings is 1. The van der Waals surface area contributed by atoms with E-state index in [1.54, 1.807) is 12.3 Å². The molecule has 0 unspecified atom stereocenters. The van der Waals surface area contributed by atoms with Gasteiger partial charge < -0.3 is 4.74 Å². The fourth-order valence-electron chi connectivity index (χ4n) is 2.12. The SMILES string of the molecule is Cc1nnc(Oc2ccc(-c3ccccc3)nc2)c(C#N)c1C. The maximum Gasteiger partial charge on any atom is 0.257 e. The third-order valence-electron chi connectivity index (χ3n) is 3.55. The van der Waals surface area contributed by atoms with Crippen LogP contribution in [0.3, 0.4) is 0 Å². The number of nitriles is 1. The molecule has 0 aliphatic rings. The van der Waals surface area contributed by atoms with Gasteiger partial charge in [0, 0.05) is 5.56 Å². The smallest absolute Gasteiger partial charge is 0.257 e. The van der Waals surface area contributed by atoms with Crippen LogP contribution in [0.4, 0.5) is 0 Å². The molecule has 0 saturated carbocycles. The van der Waals surface area contributed by atoms with E-state index >= 15 is 0 Å². The summed E-state index contributed by atoms with van der Waals surface area (Å²) < 4.78 is 5.67. The van der Waals surface area contributed by atoms with Gasteiger partial charge in [-0.3, -0.25) is 4.98 Å². The lowest BCUT2D eigenvalue weighted by Gasteiger charge is -2.08. The first-order valence-electron chi connectivity index (χ1n) is 7.12.